The molecule has 0 aromatic heterocycles. The maximum atomic E-state index is 10.5. The van der Waals surface area contributed by atoms with Gasteiger partial charge in [0, 0.05) is 6.08 Å². The topological polar surface area (TPSA) is 63.6 Å². The maximum absolute atomic E-state index is 10.5. The predicted octanol–water partition coefficient (Wildman–Crippen LogP) is 1.49. The van der Waals surface area contributed by atoms with E-state index in [0.29, 0.717) is 0 Å². The van der Waals surface area contributed by atoms with Crippen molar-refractivity contribution in [3.8, 4) is 0 Å². The Morgan fingerprint density at radius 2 is 1.85 bits per heavy atom. The largest absolute Gasteiger partial charge is 0.477 e. The molecule has 72 valence electrons. The Balaban J connectivity index is 4.54. The van der Waals surface area contributed by atoms with Crippen molar-refractivity contribution in [2.45, 2.75) is 0 Å². The Morgan fingerprint density at radius 3 is 2.23 bits per heavy atom. The smallest absolute Gasteiger partial charge is 0.348 e. The van der Waals surface area contributed by atoms with Crippen LogP contribution in [0.25, 0.3) is 0 Å². The number of carboxylic acid groups (broad SMARTS) is 1. The maximum Gasteiger partial charge on any atom is 0.348 e. The molecule has 0 aliphatic carbocycles. The molecule has 6 heteroatoms. The van der Waals surface area contributed by atoms with Gasteiger partial charge in [0.25, 0.3) is 0 Å². The monoisotopic (exact) mass is 224 g/mol. The minimum Gasteiger partial charge on any atom is -0.477 e. The van der Waals surface area contributed by atoms with Gasteiger partial charge in [0.1, 0.15) is 5.03 Å². The second-order valence-corrected chi connectivity index (χ2v) is 2.61. The van der Waals surface area contributed by atoms with Crippen LogP contribution in [-0.2, 0) is 14.3 Å². The third-order valence-corrected chi connectivity index (χ3v) is 1.74. The Hall–Kier alpha value is -1.00. The molecule has 0 spiro atoms. The van der Waals surface area contributed by atoms with Crippen molar-refractivity contribution in [3.05, 3.63) is 22.2 Å². The first-order valence-corrected chi connectivity index (χ1v) is 3.79. The predicted molar refractivity (Wildman–Crippen MR) is 47.5 cm³/mol. The van der Waals surface area contributed by atoms with Crippen LogP contribution in [0.15, 0.2) is 22.2 Å². The van der Waals surface area contributed by atoms with Crippen molar-refractivity contribution < 1.29 is 19.4 Å². The lowest BCUT2D eigenvalue weighted by Gasteiger charge is -1.92. The molecule has 0 aliphatic rings. The highest BCUT2D eigenvalue weighted by molar-refractivity contribution is 6.47. The van der Waals surface area contributed by atoms with E-state index in [1.54, 1.807) is 0 Å². The normalized spacial score (nSPS) is 12.5. The van der Waals surface area contributed by atoms with Crippen LogP contribution in [0, 0.1) is 0 Å². The molecule has 0 aliphatic heterocycles. The molecule has 0 rings (SSSR count). The van der Waals surface area contributed by atoms with Gasteiger partial charge in [0.15, 0.2) is 0 Å². The van der Waals surface area contributed by atoms with E-state index in [-0.39, 0.29) is 5.03 Å². The van der Waals surface area contributed by atoms with E-state index >= 15 is 0 Å². The highest BCUT2D eigenvalue weighted by Crippen LogP contribution is 2.15. The third-order valence-electron chi connectivity index (χ3n) is 0.964. The van der Waals surface area contributed by atoms with Gasteiger partial charge in [-0.25, -0.2) is 9.59 Å². The quantitative estimate of drug-likeness (QED) is 0.449. The van der Waals surface area contributed by atoms with Gasteiger partial charge < -0.3 is 9.84 Å². The second kappa shape index (κ2) is 5.61. The van der Waals surface area contributed by atoms with Crippen LogP contribution >= 0.6 is 23.2 Å². The molecule has 0 heterocycles. The summed E-state index contributed by atoms with van der Waals surface area (Å²) in [6, 6.07) is 0. The molecule has 0 fully saturated rings. The highest BCUT2D eigenvalue weighted by Gasteiger charge is 2.07. The van der Waals surface area contributed by atoms with Crippen molar-refractivity contribution >= 4 is 35.1 Å². The van der Waals surface area contributed by atoms with Gasteiger partial charge in [0.05, 0.1) is 12.1 Å². The third kappa shape index (κ3) is 4.55. The molecule has 0 amide bonds. The van der Waals surface area contributed by atoms with Crippen molar-refractivity contribution in [2.75, 3.05) is 7.11 Å². The summed E-state index contributed by atoms with van der Waals surface area (Å²) in [5, 5.41) is 7.56. The average molecular weight is 225 g/mol. The molecule has 0 bridgehead atoms. The van der Waals surface area contributed by atoms with Gasteiger partial charge in [0.2, 0.25) is 0 Å². The number of esters is 1. The molecular formula is C7H6Cl2O4. The average Bonchev–Trinajstić information content (AvgIpc) is 2.11. The van der Waals surface area contributed by atoms with E-state index in [4.69, 9.17) is 28.3 Å². The lowest BCUT2D eigenvalue weighted by molar-refractivity contribution is -0.135. The van der Waals surface area contributed by atoms with Crippen molar-refractivity contribution in [1.82, 2.24) is 0 Å². The fraction of sp³-hybridized carbons (Fsp3) is 0.143. The van der Waals surface area contributed by atoms with Crippen LogP contribution in [0.4, 0.5) is 0 Å². The summed E-state index contributed by atoms with van der Waals surface area (Å²) in [5.41, 5.74) is 0. The van der Waals surface area contributed by atoms with Gasteiger partial charge in [-0.2, -0.15) is 0 Å². The Morgan fingerprint density at radius 1 is 1.31 bits per heavy atom. The van der Waals surface area contributed by atoms with Gasteiger partial charge in [-0.1, -0.05) is 23.2 Å². The van der Waals surface area contributed by atoms with Crippen molar-refractivity contribution in [2.24, 2.45) is 0 Å². The summed E-state index contributed by atoms with van der Waals surface area (Å²) in [7, 11) is 1.18. The fourth-order valence-corrected chi connectivity index (χ4v) is 0.591. The molecule has 0 radical (unpaired) electrons. The minimum absolute atomic E-state index is 0.237. The molecule has 0 aromatic carbocycles. The zero-order chi connectivity index (χ0) is 10.4. The van der Waals surface area contributed by atoms with Crippen LogP contribution < -0.4 is 0 Å². The SMILES string of the molecule is COC(=O)C=CC(Cl)=C(Cl)C(=O)O. The first-order chi connectivity index (χ1) is 5.99. The van der Waals surface area contributed by atoms with Crippen LogP contribution in [0.1, 0.15) is 0 Å². The molecule has 4 nitrogen and oxygen atoms in total. The van der Waals surface area contributed by atoms with Gasteiger partial charge >= 0.3 is 11.9 Å². The molecule has 0 unspecified atom stereocenters. The summed E-state index contributed by atoms with van der Waals surface area (Å²) >= 11 is 10.6. The lowest BCUT2D eigenvalue weighted by atomic mass is 10.4. The first-order valence-electron chi connectivity index (χ1n) is 3.03. The highest BCUT2D eigenvalue weighted by atomic mass is 35.5. The van der Waals surface area contributed by atoms with Crippen molar-refractivity contribution in [3.63, 3.8) is 0 Å². The Kier molecular flexibility index (Phi) is 5.18. The number of hydrogen-bond donors (Lipinski definition) is 1. The van der Waals surface area contributed by atoms with Gasteiger partial charge in [-0.15, -0.1) is 0 Å². The number of allylic oxidation sites excluding steroid dienone is 2. The Bertz CT molecular complexity index is 280. The summed E-state index contributed by atoms with van der Waals surface area (Å²) in [6.45, 7) is 0. The number of ether oxygens (including phenoxy) is 1. The number of halogens is 2. The van der Waals surface area contributed by atoms with Gasteiger partial charge in [-0.05, 0) is 6.08 Å². The Labute approximate surface area is 84.4 Å². The molecule has 0 atom stereocenters. The lowest BCUT2D eigenvalue weighted by Crippen LogP contribution is -1.96. The zero-order valence-electron chi connectivity index (χ0n) is 6.58. The van der Waals surface area contributed by atoms with Crippen LogP contribution in [-0.4, -0.2) is 24.2 Å². The van der Waals surface area contributed by atoms with E-state index in [9.17, 15) is 9.59 Å². The number of rotatable bonds is 3. The van der Waals surface area contributed by atoms with Crippen LogP contribution in [0.3, 0.4) is 0 Å². The standard InChI is InChI=1S/C7H6Cl2O4/c1-13-5(10)3-2-4(8)6(9)7(11)12/h2-3H,1H3,(H,11,12). The van der Waals surface area contributed by atoms with Crippen LogP contribution in [0.5, 0.6) is 0 Å². The van der Waals surface area contributed by atoms with E-state index in [1.807, 2.05) is 0 Å². The summed E-state index contributed by atoms with van der Waals surface area (Å²) < 4.78 is 4.24. The molecule has 0 aromatic rings. The van der Waals surface area contributed by atoms with Crippen molar-refractivity contribution in [1.29, 1.82) is 0 Å². The summed E-state index contributed by atoms with van der Waals surface area (Å²) in [5.74, 6) is -2.01. The first kappa shape index (κ1) is 12.0. The number of methoxy groups -OCH3 is 1. The fourth-order valence-electron chi connectivity index (χ4n) is 0.385. The number of carbonyl (C=O) groups is 2. The summed E-state index contributed by atoms with van der Waals surface area (Å²) in [4.78, 5) is 20.8. The van der Waals surface area contributed by atoms with Gasteiger partial charge in [-0.3, -0.25) is 0 Å². The second-order valence-electron chi connectivity index (χ2n) is 1.82. The van der Waals surface area contributed by atoms with E-state index in [2.05, 4.69) is 4.74 Å². The molecule has 1 N–H and O–H groups in total. The van der Waals surface area contributed by atoms with Crippen LogP contribution in [0.2, 0.25) is 0 Å². The minimum atomic E-state index is -1.36. The summed E-state index contributed by atoms with van der Waals surface area (Å²) in [6.07, 6.45) is 2.01. The number of aliphatic carboxylic acids is 1. The van der Waals surface area contributed by atoms with E-state index < -0.39 is 17.0 Å². The molecule has 0 saturated heterocycles. The number of hydrogen-bond acceptors (Lipinski definition) is 3. The molecular weight excluding hydrogens is 219 g/mol. The molecule has 0 saturated carbocycles. The molecule has 13 heavy (non-hydrogen) atoms. The number of carbonyl (C=O) groups excluding carboxylic acids is 1. The number of carboxylic acids is 1. The zero-order valence-corrected chi connectivity index (χ0v) is 8.09. The van der Waals surface area contributed by atoms with E-state index in [1.165, 1.54) is 7.11 Å². The van der Waals surface area contributed by atoms with E-state index in [0.717, 1.165) is 12.2 Å².